The molecule has 1 fully saturated rings. The van der Waals surface area contributed by atoms with E-state index in [9.17, 15) is 4.79 Å². The van der Waals surface area contributed by atoms with Gasteiger partial charge in [-0.25, -0.2) is 9.67 Å². The number of para-hydroxylation sites is 1. The van der Waals surface area contributed by atoms with Gasteiger partial charge < -0.3 is 15.6 Å². The number of carbonyl (C=O) groups excluding carboxylic acids is 1. The number of nitrogens with one attached hydrogen (secondary N) is 1. The molecule has 0 bridgehead atoms. The molecule has 3 N–H and O–H groups in total. The van der Waals surface area contributed by atoms with Gasteiger partial charge in [0.2, 0.25) is 5.91 Å². The number of rotatable bonds is 4. The normalized spacial score (nSPS) is 20.7. The van der Waals surface area contributed by atoms with Crippen LogP contribution >= 0.6 is 0 Å². The van der Waals surface area contributed by atoms with Crippen molar-refractivity contribution < 1.29 is 4.79 Å². The van der Waals surface area contributed by atoms with E-state index < -0.39 is 6.04 Å². The van der Waals surface area contributed by atoms with E-state index in [1.165, 1.54) is 12.8 Å². The summed E-state index contributed by atoms with van der Waals surface area (Å²) in [6.07, 6.45) is 4.83. The zero-order chi connectivity index (χ0) is 18.5. The number of carbonyl (C=O) groups is 1. The van der Waals surface area contributed by atoms with Crippen LogP contribution in [0.25, 0.3) is 10.9 Å². The highest BCUT2D eigenvalue weighted by molar-refractivity contribution is 5.86. The summed E-state index contributed by atoms with van der Waals surface area (Å²) in [5, 5.41) is 5.76. The average Bonchev–Trinajstić information content (AvgIpc) is 3.31. The predicted octanol–water partition coefficient (Wildman–Crippen LogP) is 2.11. The lowest BCUT2D eigenvalue weighted by atomic mass is 10.0. The SMILES string of the molecule is C[C@@H]1c2nc(C3CC3)nn2CCN1C(=O)[C@H](N)Cc1c[nH]c2ccccc12. The molecule has 2 atom stereocenters. The lowest BCUT2D eigenvalue weighted by molar-refractivity contribution is -0.136. The fraction of sp³-hybridized carbons (Fsp3) is 0.450. The summed E-state index contributed by atoms with van der Waals surface area (Å²) < 4.78 is 1.97. The summed E-state index contributed by atoms with van der Waals surface area (Å²) >= 11 is 0. The van der Waals surface area contributed by atoms with E-state index in [1.54, 1.807) is 0 Å². The Morgan fingerprint density at radius 3 is 2.96 bits per heavy atom. The zero-order valence-electron chi connectivity index (χ0n) is 15.4. The number of fused-ring (bicyclic) bond motifs is 2. The average molecular weight is 364 g/mol. The summed E-state index contributed by atoms with van der Waals surface area (Å²) in [5.74, 6) is 2.32. The van der Waals surface area contributed by atoms with E-state index >= 15 is 0 Å². The van der Waals surface area contributed by atoms with Gasteiger partial charge in [-0.15, -0.1) is 0 Å². The van der Waals surface area contributed by atoms with Gasteiger partial charge in [0.1, 0.15) is 5.82 Å². The first-order valence-electron chi connectivity index (χ1n) is 9.67. The Labute approximate surface area is 157 Å². The monoisotopic (exact) mass is 364 g/mol. The first-order chi connectivity index (χ1) is 13.1. The molecule has 5 rings (SSSR count). The van der Waals surface area contributed by atoms with Crippen LogP contribution in [0.1, 0.15) is 48.9 Å². The highest BCUT2D eigenvalue weighted by atomic mass is 16.2. The molecule has 1 saturated carbocycles. The third-order valence-electron chi connectivity index (χ3n) is 5.77. The van der Waals surface area contributed by atoms with Crippen molar-refractivity contribution in [3.63, 3.8) is 0 Å². The Kier molecular flexibility index (Phi) is 3.79. The van der Waals surface area contributed by atoms with Crippen LogP contribution in [0.15, 0.2) is 30.5 Å². The minimum Gasteiger partial charge on any atom is -0.361 e. The smallest absolute Gasteiger partial charge is 0.240 e. The third kappa shape index (κ3) is 2.82. The maximum atomic E-state index is 13.1. The molecule has 0 radical (unpaired) electrons. The molecule has 3 heterocycles. The number of hydrogen-bond acceptors (Lipinski definition) is 4. The van der Waals surface area contributed by atoms with Crippen LogP contribution in [-0.4, -0.2) is 43.1 Å². The van der Waals surface area contributed by atoms with Gasteiger partial charge in [0.15, 0.2) is 5.82 Å². The van der Waals surface area contributed by atoms with Crippen molar-refractivity contribution in [3.05, 3.63) is 47.7 Å². The standard InChI is InChI=1S/C20H24N6O/c1-12-19-23-18(13-6-7-13)24-26(19)9-8-25(12)20(27)16(21)10-14-11-22-17-5-3-2-4-15(14)17/h2-5,11-13,16,22H,6-10,21H2,1H3/t12-,16-/m1/s1. The van der Waals surface area contributed by atoms with Crippen LogP contribution in [-0.2, 0) is 17.8 Å². The van der Waals surface area contributed by atoms with Crippen LogP contribution in [0.3, 0.4) is 0 Å². The molecule has 27 heavy (non-hydrogen) atoms. The van der Waals surface area contributed by atoms with Crippen LogP contribution in [0.2, 0.25) is 0 Å². The quantitative estimate of drug-likeness (QED) is 0.741. The lowest BCUT2D eigenvalue weighted by Gasteiger charge is -2.34. The van der Waals surface area contributed by atoms with Gasteiger partial charge in [0.05, 0.1) is 18.6 Å². The molecule has 1 aliphatic heterocycles. The maximum absolute atomic E-state index is 13.1. The van der Waals surface area contributed by atoms with Gasteiger partial charge in [-0.3, -0.25) is 4.79 Å². The van der Waals surface area contributed by atoms with E-state index in [-0.39, 0.29) is 11.9 Å². The topological polar surface area (TPSA) is 92.8 Å². The van der Waals surface area contributed by atoms with Crippen LogP contribution in [0, 0.1) is 0 Å². The summed E-state index contributed by atoms with van der Waals surface area (Å²) in [7, 11) is 0. The molecule has 0 saturated heterocycles. The number of H-pyrrole nitrogens is 1. The molecule has 1 aromatic carbocycles. The predicted molar refractivity (Wildman–Crippen MR) is 102 cm³/mol. The second kappa shape index (κ2) is 6.20. The van der Waals surface area contributed by atoms with Gasteiger partial charge in [-0.2, -0.15) is 5.10 Å². The highest BCUT2D eigenvalue weighted by Gasteiger charge is 2.36. The Morgan fingerprint density at radius 2 is 2.15 bits per heavy atom. The van der Waals surface area contributed by atoms with Gasteiger partial charge in [0.25, 0.3) is 0 Å². The molecule has 1 aliphatic carbocycles. The Morgan fingerprint density at radius 1 is 1.33 bits per heavy atom. The molecule has 2 aromatic heterocycles. The van der Waals surface area contributed by atoms with Crippen LogP contribution in [0.5, 0.6) is 0 Å². The van der Waals surface area contributed by atoms with Gasteiger partial charge in [-0.1, -0.05) is 18.2 Å². The van der Waals surface area contributed by atoms with Crippen molar-refractivity contribution in [2.45, 2.75) is 50.7 Å². The van der Waals surface area contributed by atoms with Gasteiger partial charge >= 0.3 is 0 Å². The van der Waals surface area contributed by atoms with Crippen LogP contribution < -0.4 is 5.73 Å². The van der Waals surface area contributed by atoms with E-state index in [0.29, 0.717) is 25.4 Å². The molecule has 1 amide bonds. The largest absolute Gasteiger partial charge is 0.361 e. The number of nitrogens with zero attached hydrogens (tertiary/aromatic N) is 4. The molecular weight excluding hydrogens is 340 g/mol. The highest BCUT2D eigenvalue weighted by Crippen LogP contribution is 2.39. The van der Waals surface area contributed by atoms with Crippen molar-refractivity contribution in [1.82, 2.24) is 24.6 Å². The first-order valence-corrected chi connectivity index (χ1v) is 9.67. The second-order valence-electron chi connectivity index (χ2n) is 7.70. The van der Waals surface area contributed by atoms with Crippen molar-refractivity contribution in [1.29, 1.82) is 0 Å². The third-order valence-corrected chi connectivity index (χ3v) is 5.77. The fourth-order valence-corrected chi connectivity index (χ4v) is 4.03. The summed E-state index contributed by atoms with van der Waals surface area (Å²) in [5.41, 5.74) is 8.48. The van der Waals surface area contributed by atoms with Crippen molar-refractivity contribution in [2.24, 2.45) is 5.73 Å². The van der Waals surface area contributed by atoms with E-state index in [0.717, 1.165) is 28.1 Å². The number of benzene rings is 1. The molecule has 140 valence electrons. The maximum Gasteiger partial charge on any atom is 0.240 e. The molecule has 7 heteroatoms. The fourth-order valence-electron chi connectivity index (χ4n) is 4.03. The minimum atomic E-state index is -0.566. The number of aromatic amines is 1. The molecule has 3 aromatic rings. The summed E-state index contributed by atoms with van der Waals surface area (Å²) in [6, 6.07) is 7.43. The van der Waals surface area contributed by atoms with Crippen molar-refractivity contribution in [2.75, 3.05) is 6.54 Å². The minimum absolute atomic E-state index is 0.0185. The number of amides is 1. The van der Waals surface area contributed by atoms with E-state index in [1.807, 2.05) is 40.9 Å². The van der Waals surface area contributed by atoms with Crippen LogP contribution in [0.4, 0.5) is 0 Å². The van der Waals surface area contributed by atoms with Gasteiger partial charge in [-0.05, 0) is 37.8 Å². The second-order valence-corrected chi connectivity index (χ2v) is 7.70. The first kappa shape index (κ1) is 16.5. The summed E-state index contributed by atoms with van der Waals surface area (Å²) in [4.78, 5) is 22.9. The van der Waals surface area contributed by atoms with E-state index in [2.05, 4.69) is 16.1 Å². The van der Waals surface area contributed by atoms with Gasteiger partial charge in [0, 0.05) is 29.6 Å². The molecule has 2 aliphatic rings. The molecule has 7 nitrogen and oxygen atoms in total. The molecular formula is C20H24N6O. The number of nitrogens with two attached hydrogens (primary N) is 1. The van der Waals surface area contributed by atoms with Crippen molar-refractivity contribution in [3.8, 4) is 0 Å². The lowest BCUT2D eigenvalue weighted by Crippen LogP contribution is -2.49. The number of hydrogen-bond donors (Lipinski definition) is 2. The van der Waals surface area contributed by atoms with E-state index in [4.69, 9.17) is 10.7 Å². The Hall–Kier alpha value is -2.67. The molecule has 0 unspecified atom stereocenters. The Balaban J connectivity index is 1.33. The molecule has 0 spiro atoms. The Bertz CT molecular complexity index is 1000. The summed E-state index contributed by atoms with van der Waals surface area (Å²) in [6.45, 7) is 3.33. The number of aromatic nitrogens is 4. The zero-order valence-corrected chi connectivity index (χ0v) is 15.4. The van der Waals surface area contributed by atoms with Crippen molar-refractivity contribution >= 4 is 16.8 Å².